The minimum atomic E-state index is 0. The predicted octanol–water partition coefficient (Wildman–Crippen LogP) is 5.40. The summed E-state index contributed by atoms with van der Waals surface area (Å²) in [5.74, 6) is 0. The topological polar surface area (TPSA) is 0 Å². The molecule has 0 nitrogen and oxygen atoms in total. The third-order valence-corrected chi connectivity index (χ3v) is 1.82. The van der Waals surface area contributed by atoms with Crippen molar-refractivity contribution in [3.63, 3.8) is 0 Å². The van der Waals surface area contributed by atoms with Crippen LogP contribution in [0.4, 0.5) is 0 Å². The maximum absolute atomic E-state index is 4.16. The number of hydrogen-bond acceptors (Lipinski definition) is 0. The van der Waals surface area contributed by atoms with Crippen molar-refractivity contribution in [3.05, 3.63) is 109 Å². The molecule has 0 radical (unpaired) electrons. The summed E-state index contributed by atoms with van der Waals surface area (Å²) in [6.07, 6.45) is 0. The Morgan fingerprint density at radius 2 is 0.619 bits per heavy atom. The molecule has 0 aliphatic heterocycles. The molecule has 116 valence electrons. The van der Waals surface area contributed by atoms with Crippen LogP contribution in [0, 0.1) is 18.2 Å². The summed E-state index contributed by atoms with van der Waals surface area (Å²) in [5.41, 5.74) is 0. The Hall–Kier alpha value is -0.661. The number of rotatable bonds is 0. The Balaban J connectivity index is 0. The molecule has 0 bridgehead atoms. The van der Waals surface area contributed by atoms with E-state index < -0.39 is 0 Å². The Bertz CT molecular complexity index is 308. The van der Waals surface area contributed by atoms with Gasteiger partial charge in [0.2, 0.25) is 0 Å². The minimum Gasteiger partial charge on any atom is -0.184 e. The van der Waals surface area contributed by atoms with Gasteiger partial charge in [-0.15, -0.1) is 0 Å². The second-order valence-electron chi connectivity index (χ2n) is 3.23. The van der Waals surface area contributed by atoms with Gasteiger partial charge in [0, 0.05) is 0 Å². The fraction of sp³-hybridized carbons (Fsp3) is 0. The van der Waals surface area contributed by atoms with E-state index in [1.807, 2.05) is 91.0 Å². The first kappa shape index (κ1) is 22.6. The molecule has 0 saturated heterocycles. The van der Waals surface area contributed by atoms with Gasteiger partial charge in [-0.25, -0.2) is 0 Å². The summed E-state index contributed by atoms with van der Waals surface area (Å²) in [7, 11) is 0. The first-order chi connectivity index (χ1) is 10.0. The van der Waals surface area contributed by atoms with Gasteiger partial charge in [-0.1, -0.05) is 0 Å². The Kier molecular flexibility index (Phi) is 23.3. The van der Waals surface area contributed by atoms with Crippen LogP contribution >= 0.6 is 30.2 Å². The van der Waals surface area contributed by atoms with Gasteiger partial charge in [-0.05, 0) is 0 Å². The van der Waals surface area contributed by atoms with Crippen molar-refractivity contribution in [3.8, 4) is 0 Å². The molecule has 1 atom stereocenters. The molecule has 0 aromatic heterocycles. The van der Waals surface area contributed by atoms with Crippen LogP contribution in [0.5, 0.6) is 0 Å². The van der Waals surface area contributed by atoms with Crippen molar-refractivity contribution in [1.82, 2.24) is 0 Å². The summed E-state index contributed by atoms with van der Waals surface area (Å²) in [6, 6.07) is 37.5. The van der Waals surface area contributed by atoms with E-state index in [1.54, 1.807) is 20.3 Å². The Morgan fingerprint density at radius 1 is 0.429 bits per heavy atom. The molecule has 3 heteroatoms. The zero-order valence-corrected chi connectivity index (χ0v) is 16.1. The van der Waals surface area contributed by atoms with E-state index in [0.717, 1.165) is 0 Å². The SMILES string of the molecule is P.[Cu][I].[c-]1ccccc1.[c-]1ccccc1.[c-]1ccccc1. The van der Waals surface area contributed by atoms with Gasteiger partial charge in [0.1, 0.15) is 0 Å². The summed E-state index contributed by atoms with van der Waals surface area (Å²) < 4.78 is 0. The minimum absolute atomic E-state index is 0. The molecule has 0 amide bonds. The monoisotopic (exact) mass is 455 g/mol. The van der Waals surface area contributed by atoms with E-state index in [9.17, 15) is 0 Å². The van der Waals surface area contributed by atoms with Gasteiger partial charge in [-0.2, -0.15) is 119 Å². The van der Waals surface area contributed by atoms with E-state index in [-0.39, 0.29) is 9.90 Å². The zero-order chi connectivity index (χ0) is 14.7. The van der Waals surface area contributed by atoms with E-state index >= 15 is 0 Å². The van der Waals surface area contributed by atoms with Crippen LogP contribution in [0.15, 0.2) is 91.0 Å². The fourth-order valence-electron chi connectivity index (χ4n) is 1.03. The Labute approximate surface area is 151 Å². The van der Waals surface area contributed by atoms with Gasteiger partial charge in [0.25, 0.3) is 0 Å². The Morgan fingerprint density at radius 3 is 0.667 bits per heavy atom. The van der Waals surface area contributed by atoms with E-state index in [4.69, 9.17) is 0 Å². The van der Waals surface area contributed by atoms with Crippen molar-refractivity contribution < 1.29 is 12.8 Å². The molecule has 3 aromatic carbocycles. The van der Waals surface area contributed by atoms with Crippen LogP contribution < -0.4 is 0 Å². The van der Waals surface area contributed by atoms with Crippen molar-refractivity contribution in [2.45, 2.75) is 0 Å². The van der Waals surface area contributed by atoms with E-state index in [1.165, 1.54) is 0 Å². The van der Waals surface area contributed by atoms with Crippen LogP contribution in [-0.2, 0) is 12.8 Å². The zero-order valence-electron chi connectivity index (χ0n) is 11.5. The van der Waals surface area contributed by atoms with Crippen molar-refractivity contribution in [2.24, 2.45) is 0 Å². The van der Waals surface area contributed by atoms with Crippen LogP contribution in [0.1, 0.15) is 0 Å². The third kappa shape index (κ3) is 19.3. The standard InChI is InChI=1S/3C6H5.Cu.HI.H3P/c3*1-2-4-6-5-3-1;;;/h3*1-5H;;1H;1H3/q3*-1;+1;;/p-1. The molecule has 0 N–H and O–H groups in total. The normalized spacial score (nSPS) is 7.19. The van der Waals surface area contributed by atoms with Gasteiger partial charge in [-0.3, -0.25) is 0 Å². The van der Waals surface area contributed by atoms with Crippen molar-refractivity contribution >= 4 is 30.2 Å². The molecule has 3 rings (SSSR count). The number of benzene rings is 3. The van der Waals surface area contributed by atoms with Crippen molar-refractivity contribution in [1.29, 1.82) is 0 Å². The second kappa shape index (κ2) is 21.6. The van der Waals surface area contributed by atoms with Crippen LogP contribution in [0.3, 0.4) is 0 Å². The van der Waals surface area contributed by atoms with Crippen LogP contribution in [-0.4, -0.2) is 0 Å². The summed E-state index contributed by atoms with van der Waals surface area (Å²) in [6.45, 7) is 0. The van der Waals surface area contributed by atoms with E-state index in [2.05, 4.69) is 31.0 Å². The van der Waals surface area contributed by atoms with Gasteiger partial charge >= 0.3 is 33.1 Å². The first-order valence-electron chi connectivity index (χ1n) is 5.85. The molecule has 21 heavy (non-hydrogen) atoms. The molecular formula is C18H18CuIP-3. The smallest absolute Gasteiger partial charge is 0.171 e. The quantitative estimate of drug-likeness (QED) is 0.184. The summed E-state index contributed by atoms with van der Waals surface area (Å²) in [5, 5.41) is 0. The average molecular weight is 456 g/mol. The predicted molar refractivity (Wildman–Crippen MR) is 101 cm³/mol. The molecular weight excluding hydrogens is 438 g/mol. The fourth-order valence-corrected chi connectivity index (χ4v) is 1.03. The van der Waals surface area contributed by atoms with Gasteiger partial charge < -0.3 is 0 Å². The molecule has 0 heterocycles. The second-order valence-corrected chi connectivity index (χ2v) is 3.23. The molecule has 1 unspecified atom stereocenters. The van der Waals surface area contributed by atoms with Crippen LogP contribution in [0.25, 0.3) is 0 Å². The first-order valence-corrected chi connectivity index (χ1v) is 8.88. The maximum atomic E-state index is 4.16. The van der Waals surface area contributed by atoms with E-state index in [0.29, 0.717) is 0 Å². The molecule has 0 aliphatic rings. The van der Waals surface area contributed by atoms with Crippen LogP contribution in [0.2, 0.25) is 0 Å². The van der Waals surface area contributed by atoms with Gasteiger partial charge in [0.05, 0.1) is 0 Å². The summed E-state index contributed by atoms with van der Waals surface area (Å²) in [4.78, 5) is 0. The third-order valence-electron chi connectivity index (χ3n) is 1.82. The number of halogens is 1. The maximum Gasteiger partial charge on any atom is -0.171 e. The molecule has 0 fully saturated rings. The molecule has 0 spiro atoms. The molecule has 0 aliphatic carbocycles. The average Bonchev–Trinajstić information content (AvgIpc) is 2.62. The summed E-state index contributed by atoms with van der Waals surface area (Å²) >= 11 is 5.87. The van der Waals surface area contributed by atoms with Gasteiger partial charge in [0.15, 0.2) is 0 Å². The largest absolute Gasteiger partial charge is 0.184 e. The number of hydrogen-bond donors (Lipinski definition) is 0. The molecule has 0 saturated carbocycles. The van der Waals surface area contributed by atoms with Crippen molar-refractivity contribution in [2.75, 3.05) is 0 Å². The molecule has 3 aromatic rings.